The molecule has 192 valence electrons. The molecule has 0 radical (unpaired) electrons. The summed E-state index contributed by atoms with van der Waals surface area (Å²) >= 11 is 0. The molecule has 0 aliphatic carbocycles. The Bertz CT molecular complexity index is 381. The van der Waals surface area contributed by atoms with E-state index in [1.54, 1.807) is 0 Å². The van der Waals surface area contributed by atoms with Gasteiger partial charge in [0.25, 0.3) is 5.97 Å². The lowest BCUT2D eigenvalue weighted by molar-refractivity contribution is -0.134. The van der Waals surface area contributed by atoms with Crippen LogP contribution in [0, 0.1) is 5.41 Å². The Morgan fingerprint density at radius 2 is 1.03 bits per heavy atom. The number of carboxylic acid groups (broad SMARTS) is 1. The molecule has 0 fully saturated rings. The van der Waals surface area contributed by atoms with Crippen molar-refractivity contribution >= 4 is 11.9 Å². The zero-order valence-corrected chi connectivity index (χ0v) is 21.7. The molecule has 0 aliphatic heterocycles. The summed E-state index contributed by atoms with van der Waals surface area (Å²) in [6.45, 7) is 10.1. The van der Waals surface area contributed by atoms with Crippen LogP contribution in [0.2, 0.25) is 0 Å². The van der Waals surface area contributed by atoms with Crippen LogP contribution in [0.25, 0.3) is 0 Å². The van der Waals surface area contributed by atoms with E-state index >= 15 is 0 Å². The van der Waals surface area contributed by atoms with E-state index in [9.17, 15) is 0 Å². The number of hydrogen-bond donors (Lipinski definition) is 4. The highest BCUT2D eigenvalue weighted by molar-refractivity contribution is 5.74. The molecule has 0 aliphatic rings. The molecule has 0 aromatic rings. The minimum atomic E-state index is -0.833. The highest BCUT2D eigenvalue weighted by atomic mass is 16.4. The second-order valence-corrected chi connectivity index (χ2v) is 9.00. The van der Waals surface area contributed by atoms with Crippen LogP contribution in [0.15, 0.2) is 0 Å². The molecule has 0 saturated carbocycles. The molecule has 0 saturated heterocycles. The standard InChI is InChI=1S/C24H52N4.C2H4O2/c1-3-5-7-9-11-13-15-17-21-28(23-19-20-27-24(25)26)22-18-16-14-12-10-8-6-4-2;1-2(3)4/h3-23H2,1-2H3,(H4,25,26,27);1H3,(H,3,4). The Morgan fingerprint density at radius 1 is 0.719 bits per heavy atom. The van der Waals surface area contributed by atoms with Crippen LogP contribution >= 0.6 is 0 Å². The van der Waals surface area contributed by atoms with Crippen molar-refractivity contribution < 1.29 is 9.90 Å². The first-order valence-electron chi connectivity index (χ1n) is 13.4. The van der Waals surface area contributed by atoms with Gasteiger partial charge in [0.15, 0.2) is 5.96 Å². The first kappa shape index (κ1) is 32.9. The highest BCUT2D eigenvalue weighted by Gasteiger charge is 2.05. The van der Waals surface area contributed by atoms with E-state index in [-0.39, 0.29) is 5.96 Å². The molecule has 0 atom stereocenters. The van der Waals surface area contributed by atoms with Gasteiger partial charge in [0, 0.05) is 13.5 Å². The maximum atomic E-state index is 9.00. The zero-order valence-electron chi connectivity index (χ0n) is 21.7. The van der Waals surface area contributed by atoms with Gasteiger partial charge in [-0.25, -0.2) is 0 Å². The van der Waals surface area contributed by atoms with Crippen molar-refractivity contribution in [3.8, 4) is 0 Å². The Hall–Kier alpha value is -1.30. The van der Waals surface area contributed by atoms with Gasteiger partial charge in [-0.05, 0) is 38.9 Å². The van der Waals surface area contributed by atoms with Crippen molar-refractivity contribution in [1.29, 1.82) is 5.41 Å². The van der Waals surface area contributed by atoms with Gasteiger partial charge in [-0.3, -0.25) is 10.2 Å². The maximum absolute atomic E-state index is 9.00. The largest absolute Gasteiger partial charge is 0.481 e. The monoisotopic (exact) mass is 456 g/mol. The first-order valence-corrected chi connectivity index (χ1v) is 13.4. The molecular formula is C26H56N4O2. The lowest BCUT2D eigenvalue weighted by Crippen LogP contribution is -2.34. The number of rotatable bonds is 22. The predicted molar refractivity (Wildman–Crippen MR) is 140 cm³/mol. The summed E-state index contributed by atoms with van der Waals surface area (Å²) in [6.07, 6.45) is 23.3. The van der Waals surface area contributed by atoms with Crippen LogP contribution in [0.4, 0.5) is 0 Å². The normalized spacial score (nSPS) is 10.6. The number of unbranched alkanes of at least 4 members (excludes halogenated alkanes) is 14. The van der Waals surface area contributed by atoms with Crippen LogP contribution in [-0.4, -0.2) is 48.1 Å². The molecule has 0 amide bonds. The third-order valence-electron chi connectivity index (χ3n) is 5.62. The number of hydrogen-bond acceptors (Lipinski definition) is 3. The van der Waals surface area contributed by atoms with E-state index in [0.717, 1.165) is 26.4 Å². The van der Waals surface area contributed by atoms with Gasteiger partial charge in [0.2, 0.25) is 0 Å². The summed E-state index contributed by atoms with van der Waals surface area (Å²) in [5, 5.41) is 17.6. The fraction of sp³-hybridized carbons (Fsp3) is 0.923. The SMILES string of the molecule is CC(=O)O.CCCCCCCCCCN(CCCCCCCCCC)CCCNC(=N)N. The molecule has 5 N–H and O–H groups in total. The smallest absolute Gasteiger partial charge is 0.300 e. The summed E-state index contributed by atoms with van der Waals surface area (Å²) in [4.78, 5) is 11.6. The molecule has 6 nitrogen and oxygen atoms in total. The summed E-state index contributed by atoms with van der Waals surface area (Å²) in [5.41, 5.74) is 5.38. The van der Waals surface area contributed by atoms with E-state index in [1.807, 2.05) is 0 Å². The molecular weight excluding hydrogens is 400 g/mol. The number of guanidine groups is 1. The lowest BCUT2D eigenvalue weighted by atomic mass is 10.1. The Balaban J connectivity index is 0. The van der Waals surface area contributed by atoms with Crippen molar-refractivity contribution in [3.63, 3.8) is 0 Å². The van der Waals surface area contributed by atoms with Crippen LogP contribution in [-0.2, 0) is 4.79 Å². The van der Waals surface area contributed by atoms with Gasteiger partial charge in [0.05, 0.1) is 0 Å². The van der Waals surface area contributed by atoms with Crippen molar-refractivity contribution in [2.75, 3.05) is 26.2 Å². The van der Waals surface area contributed by atoms with Gasteiger partial charge in [-0.1, -0.05) is 104 Å². The number of aliphatic carboxylic acids is 1. The van der Waals surface area contributed by atoms with Crippen molar-refractivity contribution in [3.05, 3.63) is 0 Å². The fourth-order valence-electron chi connectivity index (χ4n) is 3.80. The summed E-state index contributed by atoms with van der Waals surface area (Å²) in [5.74, 6) is -0.738. The van der Waals surface area contributed by atoms with Crippen LogP contribution < -0.4 is 11.1 Å². The quantitative estimate of drug-likeness (QED) is 0.0842. The molecule has 6 heteroatoms. The zero-order chi connectivity index (χ0) is 24.3. The Morgan fingerprint density at radius 3 is 1.38 bits per heavy atom. The molecule has 32 heavy (non-hydrogen) atoms. The minimum Gasteiger partial charge on any atom is -0.481 e. The summed E-state index contributed by atoms with van der Waals surface area (Å²) in [6, 6.07) is 0. The van der Waals surface area contributed by atoms with Crippen molar-refractivity contribution in [1.82, 2.24) is 10.2 Å². The third kappa shape index (κ3) is 33.3. The number of nitrogens with one attached hydrogen (secondary N) is 2. The number of nitrogens with zero attached hydrogens (tertiary/aromatic N) is 1. The lowest BCUT2D eigenvalue weighted by Gasteiger charge is -2.22. The molecule has 0 spiro atoms. The Kier molecular flexibility index (Phi) is 28.5. The second kappa shape index (κ2) is 27.7. The highest BCUT2D eigenvalue weighted by Crippen LogP contribution is 2.11. The van der Waals surface area contributed by atoms with Crippen LogP contribution in [0.5, 0.6) is 0 Å². The molecule has 0 heterocycles. The minimum absolute atomic E-state index is 0.0951. The molecule has 0 rings (SSSR count). The van der Waals surface area contributed by atoms with Crippen molar-refractivity contribution in [2.24, 2.45) is 5.73 Å². The fourth-order valence-corrected chi connectivity index (χ4v) is 3.80. The second-order valence-electron chi connectivity index (χ2n) is 9.00. The number of carbonyl (C=O) groups is 1. The van der Waals surface area contributed by atoms with Crippen molar-refractivity contribution in [2.45, 2.75) is 130 Å². The van der Waals surface area contributed by atoms with Gasteiger partial charge in [-0.15, -0.1) is 0 Å². The topological polar surface area (TPSA) is 102 Å². The van der Waals surface area contributed by atoms with Gasteiger partial charge in [0.1, 0.15) is 0 Å². The molecule has 0 aromatic heterocycles. The van der Waals surface area contributed by atoms with Gasteiger partial charge in [-0.2, -0.15) is 0 Å². The summed E-state index contributed by atoms with van der Waals surface area (Å²) in [7, 11) is 0. The molecule has 0 unspecified atom stereocenters. The predicted octanol–water partition coefficient (Wildman–Crippen LogP) is 6.53. The Labute approximate surface area is 199 Å². The van der Waals surface area contributed by atoms with E-state index in [0.29, 0.717) is 0 Å². The van der Waals surface area contributed by atoms with Gasteiger partial charge >= 0.3 is 0 Å². The van der Waals surface area contributed by atoms with Crippen LogP contribution in [0.3, 0.4) is 0 Å². The van der Waals surface area contributed by atoms with Gasteiger partial charge < -0.3 is 21.1 Å². The number of nitrogens with two attached hydrogens (primary N) is 1. The summed E-state index contributed by atoms with van der Waals surface area (Å²) < 4.78 is 0. The average molecular weight is 457 g/mol. The molecule has 0 bridgehead atoms. The number of carboxylic acids is 1. The van der Waals surface area contributed by atoms with Crippen LogP contribution in [0.1, 0.15) is 130 Å². The third-order valence-corrected chi connectivity index (χ3v) is 5.62. The molecule has 0 aromatic carbocycles. The maximum Gasteiger partial charge on any atom is 0.300 e. The van der Waals surface area contributed by atoms with E-state index in [2.05, 4.69) is 24.1 Å². The van der Waals surface area contributed by atoms with E-state index in [4.69, 9.17) is 21.0 Å². The van der Waals surface area contributed by atoms with E-state index in [1.165, 1.54) is 116 Å². The first-order chi connectivity index (χ1) is 15.4. The average Bonchev–Trinajstić information content (AvgIpc) is 2.73. The van der Waals surface area contributed by atoms with E-state index < -0.39 is 5.97 Å².